The first-order chi connectivity index (χ1) is 10.2. The zero-order chi connectivity index (χ0) is 15.5. The topological polar surface area (TPSA) is 21.3 Å². The van der Waals surface area contributed by atoms with Gasteiger partial charge in [0.05, 0.1) is 0 Å². The monoisotopic (exact) mass is 309 g/mol. The maximum atomic E-state index is 6.02. The number of nitrogens with one attached hydrogen (secondary N) is 1. The number of hydrogen-bond acceptors (Lipinski definition) is 2. The lowest BCUT2D eigenvalue weighted by Crippen LogP contribution is -2.41. The van der Waals surface area contributed by atoms with Crippen LogP contribution in [0.25, 0.3) is 0 Å². The summed E-state index contributed by atoms with van der Waals surface area (Å²) in [5, 5.41) is 4.24. The quantitative estimate of drug-likeness (QED) is 0.447. The van der Waals surface area contributed by atoms with Crippen LogP contribution in [0.1, 0.15) is 46.0 Å². The first kappa shape index (κ1) is 18.1. The van der Waals surface area contributed by atoms with Crippen LogP contribution in [0.5, 0.6) is 5.75 Å². The molecule has 1 aromatic rings. The standard InChI is InChI=1S/C18H28ClNO/c1-4-6-7-8-9-13-18(20-5-2)15(3)21-17-12-10-11-16(19)14-17/h4,10-12,14-15,18,20H,1,5-9,13H2,2-3H3. The lowest BCUT2D eigenvalue weighted by Gasteiger charge is -2.26. The molecule has 0 spiro atoms. The van der Waals surface area contributed by atoms with E-state index >= 15 is 0 Å². The van der Waals surface area contributed by atoms with Crippen LogP contribution in [0.15, 0.2) is 36.9 Å². The fourth-order valence-electron chi connectivity index (χ4n) is 2.43. The fraction of sp³-hybridized carbons (Fsp3) is 0.556. The zero-order valence-electron chi connectivity index (χ0n) is 13.3. The minimum atomic E-state index is 0.128. The van der Waals surface area contributed by atoms with Crippen LogP contribution in [-0.4, -0.2) is 18.7 Å². The Balaban J connectivity index is 2.44. The Hall–Kier alpha value is -0.990. The highest BCUT2D eigenvalue weighted by molar-refractivity contribution is 6.30. The molecule has 1 N–H and O–H groups in total. The predicted molar refractivity (Wildman–Crippen MR) is 92.3 cm³/mol. The first-order valence-corrected chi connectivity index (χ1v) is 8.31. The van der Waals surface area contributed by atoms with Crippen molar-refractivity contribution in [2.24, 2.45) is 0 Å². The molecule has 0 aliphatic carbocycles. The van der Waals surface area contributed by atoms with E-state index in [0.29, 0.717) is 11.1 Å². The van der Waals surface area contributed by atoms with Crippen LogP contribution < -0.4 is 10.1 Å². The van der Waals surface area contributed by atoms with Crippen molar-refractivity contribution >= 4 is 11.6 Å². The molecule has 0 amide bonds. The molecule has 0 aliphatic heterocycles. The molecule has 0 bridgehead atoms. The van der Waals surface area contributed by atoms with Gasteiger partial charge in [-0.15, -0.1) is 6.58 Å². The number of rotatable bonds is 11. The van der Waals surface area contributed by atoms with Gasteiger partial charge in [0.25, 0.3) is 0 Å². The minimum Gasteiger partial charge on any atom is -0.489 e. The number of hydrogen-bond donors (Lipinski definition) is 1. The molecule has 0 saturated heterocycles. The van der Waals surface area contributed by atoms with E-state index in [1.54, 1.807) is 0 Å². The second-order valence-electron chi connectivity index (χ2n) is 5.37. The molecular weight excluding hydrogens is 282 g/mol. The lowest BCUT2D eigenvalue weighted by atomic mass is 10.0. The highest BCUT2D eigenvalue weighted by atomic mass is 35.5. The minimum absolute atomic E-state index is 0.128. The van der Waals surface area contributed by atoms with Gasteiger partial charge in [0, 0.05) is 11.1 Å². The number of halogens is 1. The van der Waals surface area contributed by atoms with E-state index in [9.17, 15) is 0 Å². The van der Waals surface area contributed by atoms with Crippen molar-refractivity contribution < 1.29 is 4.74 Å². The summed E-state index contributed by atoms with van der Waals surface area (Å²) >= 11 is 6.00. The molecule has 3 heteroatoms. The molecule has 2 unspecified atom stereocenters. The highest BCUT2D eigenvalue weighted by Crippen LogP contribution is 2.20. The van der Waals surface area contributed by atoms with E-state index in [2.05, 4.69) is 25.7 Å². The van der Waals surface area contributed by atoms with Crippen molar-refractivity contribution in [3.63, 3.8) is 0 Å². The van der Waals surface area contributed by atoms with Gasteiger partial charge in [0.2, 0.25) is 0 Å². The maximum absolute atomic E-state index is 6.02. The Morgan fingerprint density at radius 2 is 2.14 bits per heavy atom. The van der Waals surface area contributed by atoms with Crippen molar-refractivity contribution in [2.75, 3.05) is 6.54 Å². The number of unbranched alkanes of at least 4 members (excludes halogenated alkanes) is 3. The Labute approximate surface area is 134 Å². The molecule has 0 saturated carbocycles. The second kappa shape index (κ2) is 10.7. The molecule has 0 heterocycles. The molecule has 0 fully saturated rings. The van der Waals surface area contributed by atoms with Crippen LogP contribution in [-0.2, 0) is 0 Å². The largest absolute Gasteiger partial charge is 0.489 e. The molecule has 1 rings (SSSR count). The Bertz CT molecular complexity index is 408. The summed E-state index contributed by atoms with van der Waals surface area (Å²) in [4.78, 5) is 0. The van der Waals surface area contributed by atoms with E-state index in [0.717, 1.165) is 25.1 Å². The van der Waals surface area contributed by atoms with Crippen LogP contribution >= 0.6 is 11.6 Å². The molecule has 21 heavy (non-hydrogen) atoms. The van der Waals surface area contributed by atoms with Gasteiger partial charge in [-0.25, -0.2) is 0 Å². The fourth-order valence-corrected chi connectivity index (χ4v) is 2.61. The first-order valence-electron chi connectivity index (χ1n) is 7.93. The van der Waals surface area contributed by atoms with Gasteiger partial charge in [-0.1, -0.05) is 43.5 Å². The number of likely N-dealkylation sites (N-methyl/N-ethyl adjacent to an activating group) is 1. The molecule has 0 radical (unpaired) electrons. The van der Waals surface area contributed by atoms with Crippen molar-refractivity contribution in [2.45, 2.75) is 58.1 Å². The van der Waals surface area contributed by atoms with E-state index in [1.165, 1.54) is 19.3 Å². The number of ether oxygens (including phenoxy) is 1. The lowest BCUT2D eigenvalue weighted by molar-refractivity contribution is 0.163. The van der Waals surface area contributed by atoms with E-state index in [1.807, 2.05) is 30.3 Å². The average molecular weight is 310 g/mol. The second-order valence-corrected chi connectivity index (χ2v) is 5.81. The third kappa shape index (κ3) is 7.54. The number of allylic oxidation sites excluding steroid dienone is 1. The highest BCUT2D eigenvalue weighted by Gasteiger charge is 2.17. The summed E-state index contributed by atoms with van der Waals surface area (Å²) in [5.41, 5.74) is 0. The molecule has 0 aromatic heterocycles. The SMILES string of the molecule is C=CCCCCCC(NCC)C(C)Oc1cccc(Cl)c1. The normalized spacial score (nSPS) is 13.7. The summed E-state index contributed by atoms with van der Waals surface area (Å²) in [6, 6.07) is 7.97. The van der Waals surface area contributed by atoms with E-state index in [-0.39, 0.29) is 6.10 Å². The predicted octanol–water partition coefficient (Wildman–Crippen LogP) is 5.22. The molecule has 2 atom stereocenters. The van der Waals surface area contributed by atoms with Gasteiger partial charge in [0.15, 0.2) is 0 Å². The summed E-state index contributed by atoms with van der Waals surface area (Å²) in [6.45, 7) is 8.98. The van der Waals surface area contributed by atoms with Gasteiger partial charge < -0.3 is 10.1 Å². The summed E-state index contributed by atoms with van der Waals surface area (Å²) in [5.74, 6) is 0.838. The van der Waals surface area contributed by atoms with Gasteiger partial charge >= 0.3 is 0 Å². The van der Waals surface area contributed by atoms with Gasteiger partial charge in [-0.3, -0.25) is 0 Å². The molecule has 2 nitrogen and oxygen atoms in total. The maximum Gasteiger partial charge on any atom is 0.121 e. The van der Waals surface area contributed by atoms with Crippen molar-refractivity contribution in [3.8, 4) is 5.75 Å². The van der Waals surface area contributed by atoms with Crippen LogP contribution in [0.4, 0.5) is 0 Å². The smallest absolute Gasteiger partial charge is 0.121 e. The third-order valence-corrected chi connectivity index (χ3v) is 3.81. The van der Waals surface area contributed by atoms with Crippen molar-refractivity contribution in [1.29, 1.82) is 0 Å². The van der Waals surface area contributed by atoms with Crippen LogP contribution in [0.2, 0.25) is 5.02 Å². The molecule has 118 valence electrons. The van der Waals surface area contributed by atoms with Gasteiger partial charge in [-0.05, 0) is 50.9 Å². The van der Waals surface area contributed by atoms with Crippen molar-refractivity contribution in [1.82, 2.24) is 5.32 Å². The zero-order valence-corrected chi connectivity index (χ0v) is 14.0. The average Bonchev–Trinajstić information content (AvgIpc) is 2.46. The van der Waals surface area contributed by atoms with E-state index < -0.39 is 0 Å². The molecular formula is C18H28ClNO. The van der Waals surface area contributed by atoms with Gasteiger partial charge in [-0.2, -0.15) is 0 Å². The Morgan fingerprint density at radius 1 is 1.33 bits per heavy atom. The number of benzene rings is 1. The molecule has 1 aromatic carbocycles. The summed E-state index contributed by atoms with van der Waals surface area (Å²) in [6.07, 6.45) is 8.06. The van der Waals surface area contributed by atoms with Crippen LogP contribution in [0, 0.1) is 0 Å². The van der Waals surface area contributed by atoms with Crippen molar-refractivity contribution in [3.05, 3.63) is 41.9 Å². The molecule has 0 aliphatic rings. The van der Waals surface area contributed by atoms with Crippen LogP contribution in [0.3, 0.4) is 0 Å². The third-order valence-electron chi connectivity index (χ3n) is 3.57. The Morgan fingerprint density at radius 3 is 2.81 bits per heavy atom. The van der Waals surface area contributed by atoms with E-state index in [4.69, 9.17) is 16.3 Å². The van der Waals surface area contributed by atoms with Gasteiger partial charge in [0.1, 0.15) is 11.9 Å². The summed E-state index contributed by atoms with van der Waals surface area (Å²) in [7, 11) is 0. The Kier molecular flexibility index (Phi) is 9.20. The summed E-state index contributed by atoms with van der Waals surface area (Å²) < 4.78 is 6.02.